The average Bonchev–Trinajstić information content (AvgIpc) is 3.08. The minimum Gasteiger partial charge on any atom is -0.495 e. The van der Waals surface area contributed by atoms with Gasteiger partial charge in [-0.25, -0.2) is 13.4 Å². The van der Waals surface area contributed by atoms with Gasteiger partial charge < -0.3 is 10.1 Å². The predicted molar refractivity (Wildman–Crippen MR) is 114 cm³/mol. The summed E-state index contributed by atoms with van der Waals surface area (Å²) in [6.45, 7) is 1.88. The molecule has 3 rings (SSSR count). The summed E-state index contributed by atoms with van der Waals surface area (Å²) < 4.78 is 32.4. The number of thiazole rings is 1. The van der Waals surface area contributed by atoms with Crippen LogP contribution in [-0.2, 0) is 21.2 Å². The Morgan fingerprint density at radius 3 is 2.59 bits per heavy atom. The highest BCUT2D eigenvalue weighted by Gasteiger charge is 2.17. The van der Waals surface area contributed by atoms with E-state index in [0.717, 1.165) is 16.9 Å². The molecule has 0 aliphatic rings. The molecule has 2 N–H and O–H groups in total. The summed E-state index contributed by atoms with van der Waals surface area (Å²) in [6, 6.07) is 11.4. The zero-order valence-corrected chi connectivity index (χ0v) is 18.0. The molecule has 0 aliphatic heterocycles. The van der Waals surface area contributed by atoms with Crippen LogP contribution in [0.5, 0.6) is 5.75 Å². The third-order valence-electron chi connectivity index (χ3n) is 3.88. The molecule has 0 fully saturated rings. The Balaban J connectivity index is 1.63. The molecule has 29 heavy (non-hydrogen) atoms. The van der Waals surface area contributed by atoms with E-state index in [1.54, 1.807) is 35.7 Å². The number of halogens is 1. The minimum absolute atomic E-state index is 0.00753. The van der Waals surface area contributed by atoms with Crippen molar-refractivity contribution in [3.05, 3.63) is 64.1 Å². The van der Waals surface area contributed by atoms with Gasteiger partial charge in [-0.2, -0.15) is 0 Å². The van der Waals surface area contributed by atoms with Crippen molar-refractivity contribution in [3.63, 3.8) is 0 Å². The fourth-order valence-corrected chi connectivity index (χ4v) is 4.66. The molecule has 2 aromatic carbocycles. The van der Waals surface area contributed by atoms with Crippen LogP contribution in [0, 0.1) is 6.92 Å². The van der Waals surface area contributed by atoms with E-state index in [2.05, 4.69) is 15.0 Å². The summed E-state index contributed by atoms with van der Waals surface area (Å²) in [5.41, 5.74) is 1.94. The highest BCUT2D eigenvalue weighted by Crippen LogP contribution is 2.27. The van der Waals surface area contributed by atoms with Gasteiger partial charge in [-0.15, -0.1) is 11.3 Å². The van der Waals surface area contributed by atoms with E-state index in [9.17, 15) is 13.2 Å². The van der Waals surface area contributed by atoms with Crippen LogP contribution < -0.4 is 14.8 Å². The van der Waals surface area contributed by atoms with Crippen molar-refractivity contribution in [1.82, 2.24) is 4.98 Å². The Bertz CT molecular complexity index is 1130. The lowest BCUT2D eigenvalue weighted by Gasteiger charge is -2.07. The molecule has 0 atom stereocenters. The molecular formula is C19H18ClN3O4S2. The summed E-state index contributed by atoms with van der Waals surface area (Å²) in [6.07, 6.45) is -0.00753. The number of ether oxygens (including phenoxy) is 1. The number of aromatic nitrogens is 1. The first-order valence-corrected chi connectivity index (χ1v) is 11.2. The Hall–Kier alpha value is -2.62. The number of carbonyl (C=O) groups excluding carboxylic acids is 1. The standard InChI is InChI=1S/C19H18ClN3O4S2/c1-12-3-6-15(7-4-12)29(25,26)23-19-22-14(11-28-19)10-18(24)21-13-5-8-17(27-2)16(20)9-13/h3-9,11H,10H2,1-2H3,(H,21,24)(H,22,23). The number of amides is 1. The lowest BCUT2D eigenvalue weighted by molar-refractivity contribution is -0.115. The van der Waals surface area contributed by atoms with Gasteiger partial charge >= 0.3 is 0 Å². The third kappa shape index (κ3) is 5.47. The van der Waals surface area contributed by atoms with E-state index in [1.807, 2.05) is 6.92 Å². The fourth-order valence-electron chi connectivity index (χ4n) is 2.44. The number of sulfonamides is 1. The van der Waals surface area contributed by atoms with Gasteiger partial charge in [0.25, 0.3) is 10.0 Å². The van der Waals surface area contributed by atoms with E-state index in [-0.39, 0.29) is 22.4 Å². The van der Waals surface area contributed by atoms with Gasteiger partial charge in [0, 0.05) is 11.1 Å². The molecule has 0 radical (unpaired) electrons. The van der Waals surface area contributed by atoms with Crippen LogP contribution in [0.1, 0.15) is 11.3 Å². The number of nitrogens with one attached hydrogen (secondary N) is 2. The van der Waals surface area contributed by atoms with E-state index in [1.165, 1.54) is 19.2 Å². The first-order valence-electron chi connectivity index (χ1n) is 8.44. The summed E-state index contributed by atoms with van der Waals surface area (Å²) >= 11 is 7.16. The lowest BCUT2D eigenvalue weighted by atomic mass is 10.2. The number of benzene rings is 2. The second kappa shape index (κ2) is 8.81. The number of hydrogen-bond donors (Lipinski definition) is 2. The molecule has 7 nitrogen and oxygen atoms in total. The quantitative estimate of drug-likeness (QED) is 0.563. The van der Waals surface area contributed by atoms with Crippen LogP contribution in [0.15, 0.2) is 52.7 Å². The third-order valence-corrected chi connectivity index (χ3v) is 6.47. The monoisotopic (exact) mass is 451 g/mol. The van der Waals surface area contributed by atoms with Gasteiger partial charge in [0.15, 0.2) is 5.13 Å². The van der Waals surface area contributed by atoms with Gasteiger partial charge in [0.2, 0.25) is 5.91 Å². The highest BCUT2D eigenvalue weighted by atomic mass is 35.5. The fraction of sp³-hybridized carbons (Fsp3) is 0.158. The minimum atomic E-state index is -3.73. The normalized spacial score (nSPS) is 11.1. The van der Waals surface area contributed by atoms with Gasteiger partial charge in [0.1, 0.15) is 5.75 Å². The predicted octanol–water partition coefficient (Wildman–Crippen LogP) is 4.10. The summed E-state index contributed by atoms with van der Waals surface area (Å²) in [5.74, 6) is 0.208. The molecule has 1 heterocycles. The molecule has 152 valence electrons. The Morgan fingerprint density at radius 1 is 1.21 bits per heavy atom. The molecule has 10 heteroatoms. The summed E-state index contributed by atoms with van der Waals surface area (Å²) in [7, 11) is -2.23. The number of hydrogen-bond acceptors (Lipinski definition) is 6. The maximum Gasteiger partial charge on any atom is 0.263 e. The molecule has 1 aromatic heterocycles. The molecule has 0 saturated carbocycles. The number of methoxy groups -OCH3 is 1. The highest BCUT2D eigenvalue weighted by molar-refractivity contribution is 7.93. The van der Waals surface area contributed by atoms with Gasteiger partial charge in [-0.3, -0.25) is 9.52 Å². The number of carbonyl (C=O) groups is 1. The molecule has 0 unspecified atom stereocenters. The molecule has 0 spiro atoms. The van der Waals surface area contributed by atoms with Crippen molar-refractivity contribution in [1.29, 1.82) is 0 Å². The van der Waals surface area contributed by atoms with Crippen molar-refractivity contribution < 1.29 is 17.9 Å². The first kappa shape index (κ1) is 21.1. The first-order chi connectivity index (χ1) is 13.8. The van der Waals surface area contributed by atoms with Gasteiger partial charge in [0.05, 0.1) is 29.1 Å². The van der Waals surface area contributed by atoms with Gasteiger partial charge in [-0.1, -0.05) is 29.3 Å². The summed E-state index contributed by atoms with van der Waals surface area (Å²) in [5, 5.41) is 4.93. The van der Waals surface area contributed by atoms with Crippen LogP contribution in [0.25, 0.3) is 0 Å². The second-order valence-electron chi connectivity index (χ2n) is 6.14. The lowest BCUT2D eigenvalue weighted by Crippen LogP contribution is -2.15. The number of aryl methyl sites for hydroxylation is 1. The smallest absolute Gasteiger partial charge is 0.263 e. The van der Waals surface area contributed by atoms with E-state index in [0.29, 0.717) is 22.2 Å². The Morgan fingerprint density at radius 2 is 1.93 bits per heavy atom. The van der Waals surface area contributed by atoms with Crippen LogP contribution in [0.3, 0.4) is 0 Å². The van der Waals surface area contributed by atoms with Crippen LogP contribution in [0.4, 0.5) is 10.8 Å². The van der Waals surface area contributed by atoms with Crippen molar-refractivity contribution in [2.24, 2.45) is 0 Å². The zero-order valence-electron chi connectivity index (χ0n) is 15.6. The van der Waals surface area contributed by atoms with Crippen molar-refractivity contribution in [3.8, 4) is 5.75 Å². The molecule has 1 amide bonds. The zero-order chi connectivity index (χ0) is 21.0. The van der Waals surface area contributed by atoms with Crippen LogP contribution in [0.2, 0.25) is 5.02 Å². The van der Waals surface area contributed by atoms with Crippen LogP contribution in [-0.4, -0.2) is 26.4 Å². The summed E-state index contributed by atoms with van der Waals surface area (Å²) in [4.78, 5) is 16.6. The number of anilines is 2. The van der Waals surface area contributed by atoms with E-state index >= 15 is 0 Å². The molecule has 3 aromatic rings. The number of rotatable bonds is 7. The molecule has 0 saturated heterocycles. The van der Waals surface area contributed by atoms with E-state index < -0.39 is 10.0 Å². The maximum atomic E-state index is 12.4. The van der Waals surface area contributed by atoms with E-state index in [4.69, 9.17) is 16.3 Å². The Kier molecular flexibility index (Phi) is 6.41. The van der Waals surface area contributed by atoms with Crippen LogP contribution >= 0.6 is 22.9 Å². The Labute approximate surface area is 177 Å². The maximum absolute atomic E-state index is 12.4. The number of nitrogens with zero attached hydrogens (tertiary/aromatic N) is 1. The van der Waals surface area contributed by atoms with Crippen molar-refractivity contribution in [2.75, 3.05) is 17.1 Å². The second-order valence-corrected chi connectivity index (χ2v) is 9.08. The molecular weight excluding hydrogens is 434 g/mol. The van der Waals surface area contributed by atoms with Gasteiger partial charge in [-0.05, 0) is 37.3 Å². The van der Waals surface area contributed by atoms with Crippen molar-refractivity contribution in [2.45, 2.75) is 18.2 Å². The topological polar surface area (TPSA) is 97.4 Å². The SMILES string of the molecule is COc1ccc(NC(=O)Cc2csc(NS(=O)(=O)c3ccc(C)cc3)n2)cc1Cl. The largest absolute Gasteiger partial charge is 0.495 e. The molecule has 0 bridgehead atoms. The molecule has 0 aliphatic carbocycles. The van der Waals surface area contributed by atoms with Crippen molar-refractivity contribution >= 4 is 49.7 Å². The average molecular weight is 452 g/mol.